The number of hydrogen-bond donors (Lipinski definition) is 0. The van der Waals surface area contributed by atoms with Crippen LogP contribution in [0.2, 0.25) is 0 Å². The maximum Gasteiger partial charge on any atom is 0.128 e. The summed E-state index contributed by atoms with van der Waals surface area (Å²) in [5.41, 5.74) is 0. The largest absolute Gasteiger partial charge is 0.365 e. The summed E-state index contributed by atoms with van der Waals surface area (Å²) in [6, 6.07) is 0. The maximum atomic E-state index is 5.80. The van der Waals surface area contributed by atoms with Crippen LogP contribution in [0.4, 0.5) is 0 Å². The molecule has 1 aliphatic heterocycles. The third-order valence-electron chi connectivity index (χ3n) is 1.19. The first kappa shape index (κ1) is 6.84. The molecular weight excluding hydrogens is 191 g/mol. The van der Waals surface area contributed by atoms with Crippen LogP contribution in [0.1, 0.15) is 12.8 Å². The van der Waals surface area contributed by atoms with Gasteiger partial charge in [-0.25, -0.2) is 0 Å². The van der Waals surface area contributed by atoms with Crippen LogP contribution < -0.4 is 0 Å². The number of rotatable bonds is 0. The van der Waals surface area contributed by atoms with Crippen molar-refractivity contribution in [2.24, 2.45) is 0 Å². The zero-order valence-electron chi connectivity index (χ0n) is 4.44. The van der Waals surface area contributed by atoms with Gasteiger partial charge in [-0.05, 0) is 12.8 Å². The standard InChI is InChI=1S/C5H8BrClO/c6-5-4(7)2-1-3-8-5/h4-5H,1-3H2. The molecule has 1 aliphatic rings. The molecule has 1 nitrogen and oxygen atoms in total. The van der Waals surface area contributed by atoms with E-state index in [2.05, 4.69) is 15.9 Å². The second-order valence-corrected chi connectivity index (χ2v) is 3.34. The summed E-state index contributed by atoms with van der Waals surface area (Å²) >= 11 is 9.09. The molecule has 0 amide bonds. The Balaban J connectivity index is 2.28. The lowest BCUT2D eigenvalue weighted by Gasteiger charge is -2.21. The predicted molar refractivity (Wildman–Crippen MR) is 37.5 cm³/mol. The first-order chi connectivity index (χ1) is 3.80. The Kier molecular flexibility index (Phi) is 2.60. The molecule has 8 heavy (non-hydrogen) atoms. The summed E-state index contributed by atoms with van der Waals surface area (Å²) in [7, 11) is 0. The van der Waals surface area contributed by atoms with E-state index in [1.165, 1.54) is 0 Å². The molecule has 3 heteroatoms. The first-order valence-electron chi connectivity index (χ1n) is 2.70. The van der Waals surface area contributed by atoms with Gasteiger partial charge in [0.05, 0.1) is 5.38 Å². The molecule has 0 aromatic heterocycles. The molecule has 0 aliphatic carbocycles. The van der Waals surface area contributed by atoms with Crippen molar-refractivity contribution in [2.45, 2.75) is 23.2 Å². The van der Waals surface area contributed by atoms with Gasteiger partial charge >= 0.3 is 0 Å². The summed E-state index contributed by atoms with van der Waals surface area (Å²) in [5, 5.41) is 0.252. The third-order valence-corrected chi connectivity index (χ3v) is 2.84. The Hall–Kier alpha value is 0.730. The topological polar surface area (TPSA) is 9.23 Å². The van der Waals surface area contributed by atoms with Crippen LogP contribution in [0.5, 0.6) is 0 Å². The van der Waals surface area contributed by atoms with Crippen molar-refractivity contribution in [1.29, 1.82) is 0 Å². The van der Waals surface area contributed by atoms with E-state index in [0.717, 1.165) is 19.4 Å². The fourth-order valence-electron chi connectivity index (χ4n) is 0.710. The lowest BCUT2D eigenvalue weighted by molar-refractivity contribution is 0.0803. The van der Waals surface area contributed by atoms with Crippen LogP contribution in [0.15, 0.2) is 0 Å². The van der Waals surface area contributed by atoms with E-state index in [4.69, 9.17) is 16.3 Å². The van der Waals surface area contributed by atoms with Gasteiger partial charge in [0.25, 0.3) is 0 Å². The Morgan fingerprint density at radius 1 is 1.62 bits per heavy atom. The number of ether oxygens (including phenoxy) is 1. The molecule has 0 radical (unpaired) electrons. The zero-order valence-corrected chi connectivity index (χ0v) is 6.78. The van der Waals surface area contributed by atoms with Crippen molar-refractivity contribution in [3.8, 4) is 0 Å². The van der Waals surface area contributed by atoms with Crippen molar-refractivity contribution < 1.29 is 4.74 Å². The molecule has 1 saturated heterocycles. The van der Waals surface area contributed by atoms with E-state index in [1.54, 1.807) is 0 Å². The van der Waals surface area contributed by atoms with Gasteiger partial charge in [-0.3, -0.25) is 0 Å². The lowest BCUT2D eigenvalue weighted by Crippen LogP contribution is -2.24. The minimum atomic E-state index is 0.0814. The van der Waals surface area contributed by atoms with Gasteiger partial charge in [0.15, 0.2) is 0 Å². The average molecular weight is 199 g/mol. The zero-order chi connectivity index (χ0) is 5.98. The molecule has 0 N–H and O–H groups in total. The van der Waals surface area contributed by atoms with E-state index < -0.39 is 0 Å². The quantitative estimate of drug-likeness (QED) is 0.543. The smallest absolute Gasteiger partial charge is 0.128 e. The molecule has 0 aromatic carbocycles. The second-order valence-electron chi connectivity index (χ2n) is 1.88. The first-order valence-corrected chi connectivity index (χ1v) is 4.05. The number of hydrogen-bond acceptors (Lipinski definition) is 1. The van der Waals surface area contributed by atoms with Gasteiger partial charge in [-0.15, -0.1) is 11.6 Å². The molecule has 0 aromatic rings. The Morgan fingerprint density at radius 2 is 2.38 bits per heavy atom. The highest BCUT2D eigenvalue weighted by molar-refractivity contribution is 9.09. The third kappa shape index (κ3) is 1.61. The molecule has 2 atom stereocenters. The normalized spacial score (nSPS) is 39.8. The summed E-state index contributed by atoms with van der Waals surface area (Å²) in [4.78, 5) is 0. The van der Waals surface area contributed by atoms with Gasteiger partial charge < -0.3 is 4.74 Å². The maximum absolute atomic E-state index is 5.80. The lowest BCUT2D eigenvalue weighted by atomic mass is 10.2. The van der Waals surface area contributed by atoms with Crippen molar-refractivity contribution in [3.63, 3.8) is 0 Å². The highest BCUT2D eigenvalue weighted by Gasteiger charge is 2.20. The fourth-order valence-corrected chi connectivity index (χ4v) is 1.39. The minimum Gasteiger partial charge on any atom is -0.365 e. The minimum absolute atomic E-state index is 0.0814. The summed E-state index contributed by atoms with van der Waals surface area (Å²) < 4.78 is 5.17. The van der Waals surface area contributed by atoms with Crippen LogP contribution in [-0.4, -0.2) is 17.0 Å². The van der Waals surface area contributed by atoms with E-state index in [1.807, 2.05) is 0 Å². The molecule has 1 fully saturated rings. The van der Waals surface area contributed by atoms with Crippen molar-refractivity contribution in [3.05, 3.63) is 0 Å². The van der Waals surface area contributed by atoms with Gasteiger partial charge in [0.2, 0.25) is 0 Å². The second kappa shape index (κ2) is 3.04. The molecule has 0 bridgehead atoms. The highest BCUT2D eigenvalue weighted by atomic mass is 79.9. The summed E-state index contributed by atoms with van der Waals surface area (Å²) in [5.74, 6) is 0. The molecule has 0 saturated carbocycles. The van der Waals surface area contributed by atoms with Crippen LogP contribution >= 0.6 is 27.5 Å². The Labute approximate surface area is 62.5 Å². The molecule has 2 unspecified atom stereocenters. The Morgan fingerprint density at radius 3 is 2.75 bits per heavy atom. The van der Waals surface area contributed by atoms with Gasteiger partial charge in [0, 0.05) is 6.61 Å². The van der Waals surface area contributed by atoms with Gasteiger partial charge in [-0.2, -0.15) is 0 Å². The SMILES string of the molecule is ClC1CCCOC1Br. The van der Waals surface area contributed by atoms with Crippen molar-refractivity contribution in [2.75, 3.05) is 6.61 Å². The van der Waals surface area contributed by atoms with Gasteiger partial charge in [-0.1, -0.05) is 15.9 Å². The average Bonchev–Trinajstić information content (AvgIpc) is 1.77. The van der Waals surface area contributed by atoms with E-state index in [0.29, 0.717) is 0 Å². The van der Waals surface area contributed by atoms with Crippen molar-refractivity contribution >= 4 is 27.5 Å². The number of alkyl halides is 2. The Bertz CT molecular complexity index is 68.8. The predicted octanol–water partition coefficient (Wildman–Crippen LogP) is 2.13. The highest BCUT2D eigenvalue weighted by Crippen LogP contribution is 2.22. The van der Waals surface area contributed by atoms with Crippen molar-refractivity contribution in [1.82, 2.24) is 0 Å². The fraction of sp³-hybridized carbons (Fsp3) is 1.00. The summed E-state index contributed by atoms with van der Waals surface area (Å²) in [6.07, 6.45) is 2.16. The number of halogens is 2. The van der Waals surface area contributed by atoms with Crippen LogP contribution in [0.3, 0.4) is 0 Å². The van der Waals surface area contributed by atoms with Crippen LogP contribution in [-0.2, 0) is 4.74 Å². The van der Waals surface area contributed by atoms with Crippen LogP contribution in [0.25, 0.3) is 0 Å². The molecule has 48 valence electrons. The van der Waals surface area contributed by atoms with E-state index in [9.17, 15) is 0 Å². The molecule has 1 heterocycles. The van der Waals surface area contributed by atoms with E-state index in [-0.39, 0.29) is 10.4 Å². The van der Waals surface area contributed by atoms with Crippen LogP contribution in [0, 0.1) is 0 Å². The summed E-state index contributed by atoms with van der Waals surface area (Å²) in [6.45, 7) is 0.846. The molecule has 1 rings (SSSR count). The monoisotopic (exact) mass is 198 g/mol. The van der Waals surface area contributed by atoms with Gasteiger partial charge in [0.1, 0.15) is 5.01 Å². The molecular formula is C5H8BrClO. The molecule has 0 spiro atoms. The van der Waals surface area contributed by atoms with E-state index >= 15 is 0 Å².